The fourth-order valence-electron chi connectivity index (χ4n) is 1.62. The van der Waals surface area contributed by atoms with Crippen LogP contribution in [0, 0.1) is 12.3 Å². The number of hydroxylamine groups is 1. The van der Waals surface area contributed by atoms with E-state index in [4.69, 9.17) is 25.6 Å². The first kappa shape index (κ1) is 21.1. The zero-order chi connectivity index (χ0) is 19.7. The van der Waals surface area contributed by atoms with E-state index >= 15 is 0 Å². The van der Waals surface area contributed by atoms with E-state index < -0.39 is 16.1 Å². The van der Waals surface area contributed by atoms with Crippen LogP contribution in [0.1, 0.15) is 11.1 Å². The molecule has 5 N–H and O–H groups in total. The van der Waals surface area contributed by atoms with Crippen LogP contribution in [-0.4, -0.2) is 42.6 Å². The summed E-state index contributed by atoms with van der Waals surface area (Å²) in [6, 6.07) is 13.1. The van der Waals surface area contributed by atoms with Gasteiger partial charge in [-0.05, 0) is 36.8 Å². The Balaban J connectivity index is 0.000000273. The van der Waals surface area contributed by atoms with Gasteiger partial charge in [0.15, 0.2) is 0 Å². The van der Waals surface area contributed by atoms with Crippen LogP contribution in [0.4, 0.5) is 0 Å². The average Bonchev–Trinajstić information content (AvgIpc) is 2.60. The third-order valence-electron chi connectivity index (χ3n) is 2.94. The Labute approximate surface area is 151 Å². The Morgan fingerprint density at radius 2 is 1.88 bits per heavy atom. The second kappa shape index (κ2) is 9.51. The molecule has 0 aliphatic carbocycles. The molecule has 0 saturated heterocycles. The number of hydrazone groups is 1. The van der Waals surface area contributed by atoms with Gasteiger partial charge in [0.05, 0.1) is 18.2 Å². The first-order chi connectivity index (χ1) is 12.1. The first-order valence-electron chi connectivity index (χ1n) is 7.18. The van der Waals surface area contributed by atoms with Crippen molar-refractivity contribution in [2.24, 2.45) is 10.8 Å². The largest absolute Gasteiger partial charge is 0.497 e. The normalized spacial score (nSPS) is 10.8. The van der Waals surface area contributed by atoms with Crippen LogP contribution in [0.25, 0.3) is 0 Å². The standard InChI is InChI=1S/C9H12N4O2.C7H8O3S/c1-15-8-4-2-3-7(5-8)6-12-13(14)9(10)11;1-6-2-4-7(5-3-6)11(8,9)10/h2-6,14H,1H3,(H3,10,11);2-5H,1H3,(H,8,9,10)/b12-6+;. The van der Waals surface area contributed by atoms with Crippen molar-refractivity contribution in [2.75, 3.05) is 7.11 Å². The topological polar surface area (TPSA) is 149 Å². The molecule has 9 nitrogen and oxygen atoms in total. The summed E-state index contributed by atoms with van der Waals surface area (Å²) in [6.07, 6.45) is 1.36. The molecule has 26 heavy (non-hydrogen) atoms. The Morgan fingerprint density at radius 3 is 2.38 bits per heavy atom. The van der Waals surface area contributed by atoms with Gasteiger partial charge in [-0.1, -0.05) is 29.8 Å². The summed E-state index contributed by atoms with van der Waals surface area (Å²) in [5.74, 6) is 0.139. The molecule has 0 amide bonds. The van der Waals surface area contributed by atoms with Gasteiger partial charge in [0.25, 0.3) is 10.1 Å². The van der Waals surface area contributed by atoms with E-state index in [1.54, 1.807) is 43.5 Å². The summed E-state index contributed by atoms with van der Waals surface area (Å²) in [6.45, 7) is 1.84. The smallest absolute Gasteiger partial charge is 0.294 e. The molecule has 0 atom stereocenters. The molecule has 140 valence electrons. The fourth-order valence-corrected chi connectivity index (χ4v) is 2.10. The van der Waals surface area contributed by atoms with Crippen molar-refractivity contribution >= 4 is 22.3 Å². The minimum Gasteiger partial charge on any atom is -0.497 e. The van der Waals surface area contributed by atoms with Gasteiger partial charge in [-0.15, -0.1) is 5.17 Å². The van der Waals surface area contributed by atoms with Gasteiger partial charge in [0.2, 0.25) is 5.96 Å². The molecular formula is C16H20N4O5S. The lowest BCUT2D eigenvalue weighted by atomic mass is 10.2. The lowest BCUT2D eigenvalue weighted by Gasteiger charge is -2.05. The lowest BCUT2D eigenvalue weighted by molar-refractivity contribution is -0.0139. The van der Waals surface area contributed by atoms with Crippen molar-refractivity contribution in [1.29, 1.82) is 5.41 Å². The maximum atomic E-state index is 10.5. The summed E-state index contributed by atoms with van der Waals surface area (Å²) in [5.41, 5.74) is 6.66. The maximum absolute atomic E-state index is 10.5. The van der Waals surface area contributed by atoms with Crippen molar-refractivity contribution in [3.05, 3.63) is 59.7 Å². The third-order valence-corrected chi connectivity index (χ3v) is 3.81. The molecule has 0 fully saturated rings. The number of hydrogen-bond acceptors (Lipinski definition) is 6. The summed E-state index contributed by atoms with van der Waals surface area (Å²) in [7, 11) is -2.46. The van der Waals surface area contributed by atoms with Gasteiger partial charge in [0, 0.05) is 0 Å². The van der Waals surface area contributed by atoms with Crippen LogP contribution in [0.5, 0.6) is 5.75 Å². The minimum atomic E-state index is -4.02. The molecule has 0 heterocycles. The predicted molar refractivity (Wildman–Crippen MR) is 97.1 cm³/mol. The molecule has 0 spiro atoms. The van der Waals surface area contributed by atoms with Crippen LogP contribution in [0.15, 0.2) is 58.5 Å². The Morgan fingerprint density at radius 1 is 1.27 bits per heavy atom. The predicted octanol–water partition coefficient (Wildman–Crippen LogP) is 1.86. The van der Waals surface area contributed by atoms with E-state index in [-0.39, 0.29) is 10.1 Å². The molecule has 2 rings (SSSR count). The zero-order valence-electron chi connectivity index (χ0n) is 14.2. The summed E-state index contributed by atoms with van der Waals surface area (Å²) in [4.78, 5) is -0.0666. The van der Waals surface area contributed by atoms with Gasteiger partial charge in [-0.3, -0.25) is 15.2 Å². The fraction of sp³-hybridized carbons (Fsp3) is 0.125. The highest BCUT2D eigenvalue weighted by molar-refractivity contribution is 7.85. The molecule has 2 aromatic carbocycles. The molecular weight excluding hydrogens is 360 g/mol. The summed E-state index contributed by atoms with van der Waals surface area (Å²) < 4.78 is 34.6. The number of benzene rings is 2. The molecule has 0 saturated carbocycles. The molecule has 0 aromatic heterocycles. The Hall–Kier alpha value is -2.95. The number of aryl methyl sites for hydroxylation is 1. The molecule has 0 bridgehead atoms. The van der Waals surface area contributed by atoms with Crippen molar-refractivity contribution < 1.29 is 22.9 Å². The van der Waals surface area contributed by atoms with Crippen molar-refractivity contribution in [1.82, 2.24) is 5.17 Å². The number of ether oxygens (including phenoxy) is 1. The van der Waals surface area contributed by atoms with Gasteiger partial charge in [-0.2, -0.15) is 13.5 Å². The van der Waals surface area contributed by atoms with Crippen molar-refractivity contribution in [2.45, 2.75) is 11.8 Å². The van der Waals surface area contributed by atoms with E-state index in [0.717, 1.165) is 11.1 Å². The van der Waals surface area contributed by atoms with Gasteiger partial charge in [-0.25, -0.2) is 0 Å². The zero-order valence-corrected chi connectivity index (χ0v) is 15.0. The molecule has 0 unspecified atom stereocenters. The van der Waals surface area contributed by atoms with Crippen LogP contribution >= 0.6 is 0 Å². The van der Waals surface area contributed by atoms with Crippen molar-refractivity contribution in [3.63, 3.8) is 0 Å². The van der Waals surface area contributed by atoms with Crippen LogP contribution in [0.2, 0.25) is 0 Å². The van der Waals surface area contributed by atoms with Gasteiger partial charge < -0.3 is 10.5 Å². The molecule has 0 aliphatic rings. The SMILES string of the molecule is COc1cccc(/C=N/N(O)C(=N)N)c1.Cc1ccc(S(=O)(=O)O)cc1. The highest BCUT2D eigenvalue weighted by atomic mass is 32.2. The van der Waals surface area contributed by atoms with Crippen LogP contribution < -0.4 is 10.5 Å². The van der Waals surface area contributed by atoms with E-state index in [9.17, 15) is 8.42 Å². The van der Waals surface area contributed by atoms with Gasteiger partial charge >= 0.3 is 0 Å². The minimum absolute atomic E-state index is 0.0666. The van der Waals surface area contributed by atoms with E-state index in [0.29, 0.717) is 5.75 Å². The average molecular weight is 380 g/mol. The summed E-state index contributed by atoms with van der Waals surface area (Å²) >= 11 is 0. The second-order valence-corrected chi connectivity index (χ2v) is 6.41. The Kier molecular flexibility index (Phi) is 7.72. The Bertz CT molecular complexity index is 866. The highest BCUT2D eigenvalue weighted by Gasteiger charge is 2.06. The van der Waals surface area contributed by atoms with E-state index in [1.165, 1.54) is 18.3 Å². The number of rotatable bonds is 4. The molecule has 0 aliphatic heterocycles. The number of guanidine groups is 1. The molecule has 2 aromatic rings. The highest BCUT2D eigenvalue weighted by Crippen LogP contribution is 2.11. The van der Waals surface area contributed by atoms with Crippen LogP contribution in [0.3, 0.4) is 0 Å². The molecule has 10 heteroatoms. The van der Waals surface area contributed by atoms with Crippen LogP contribution in [-0.2, 0) is 10.1 Å². The maximum Gasteiger partial charge on any atom is 0.294 e. The van der Waals surface area contributed by atoms with E-state index in [2.05, 4.69) is 5.10 Å². The first-order valence-corrected chi connectivity index (χ1v) is 8.62. The number of hydrogen-bond donors (Lipinski definition) is 4. The second-order valence-electron chi connectivity index (χ2n) is 4.98. The van der Waals surface area contributed by atoms with Gasteiger partial charge in [0.1, 0.15) is 5.75 Å². The number of nitrogens with zero attached hydrogens (tertiary/aromatic N) is 2. The lowest BCUT2D eigenvalue weighted by Crippen LogP contribution is -2.28. The third kappa shape index (κ3) is 7.30. The monoisotopic (exact) mass is 380 g/mol. The molecule has 0 radical (unpaired) electrons. The summed E-state index contributed by atoms with van der Waals surface area (Å²) in [5, 5.41) is 19.6. The van der Waals surface area contributed by atoms with Crippen molar-refractivity contribution in [3.8, 4) is 5.75 Å². The quantitative estimate of drug-likeness (QED) is 0.274. The number of nitrogens with two attached hydrogens (primary N) is 1. The number of nitrogens with one attached hydrogen (secondary N) is 1. The number of methoxy groups -OCH3 is 1. The van der Waals surface area contributed by atoms with E-state index in [1.807, 2.05) is 6.92 Å².